The lowest BCUT2D eigenvalue weighted by Crippen LogP contribution is -2.36. The van der Waals surface area contributed by atoms with E-state index in [9.17, 15) is 4.39 Å². The molecule has 0 radical (unpaired) electrons. The van der Waals surface area contributed by atoms with Crippen LogP contribution >= 0.6 is 0 Å². The summed E-state index contributed by atoms with van der Waals surface area (Å²) in [5.74, 6) is -0.168. The molecular formula is C20H24FNO. The van der Waals surface area contributed by atoms with Gasteiger partial charge in [-0.05, 0) is 49.1 Å². The first-order valence-corrected chi connectivity index (χ1v) is 8.37. The van der Waals surface area contributed by atoms with Crippen LogP contribution in [-0.2, 0) is 16.7 Å². The zero-order valence-electron chi connectivity index (χ0n) is 13.4. The van der Waals surface area contributed by atoms with Crippen LogP contribution in [0.25, 0.3) is 0 Å². The van der Waals surface area contributed by atoms with Crippen LogP contribution in [0.4, 0.5) is 4.39 Å². The summed E-state index contributed by atoms with van der Waals surface area (Å²) in [4.78, 5) is 0. The Morgan fingerprint density at radius 3 is 2.35 bits per heavy atom. The summed E-state index contributed by atoms with van der Waals surface area (Å²) >= 11 is 0. The molecule has 1 N–H and O–H groups in total. The molecule has 1 heterocycles. The van der Waals surface area contributed by atoms with Gasteiger partial charge < -0.3 is 10.1 Å². The van der Waals surface area contributed by atoms with Crippen molar-refractivity contribution in [3.8, 4) is 0 Å². The smallest absolute Gasteiger partial charge is 0.123 e. The summed E-state index contributed by atoms with van der Waals surface area (Å²) in [6.07, 6.45) is 3.06. The van der Waals surface area contributed by atoms with Crippen LogP contribution in [-0.4, -0.2) is 19.8 Å². The van der Waals surface area contributed by atoms with E-state index in [4.69, 9.17) is 4.74 Å². The molecule has 1 saturated heterocycles. The molecule has 3 rings (SSSR count). The van der Waals surface area contributed by atoms with E-state index in [0.717, 1.165) is 45.6 Å². The number of halogens is 1. The monoisotopic (exact) mass is 313 g/mol. The fourth-order valence-corrected chi connectivity index (χ4v) is 3.40. The van der Waals surface area contributed by atoms with E-state index in [0.29, 0.717) is 0 Å². The number of rotatable bonds is 6. The summed E-state index contributed by atoms with van der Waals surface area (Å²) in [6.45, 7) is 3.41. The molecule has 3 heteroatoms. The predicted octanol–water partition coefficient (Wildman–Crippen LogP) is 4.05. The normalized spacial score (nSPS) is 17.1. The van der Waals surface area contributed by atoms with Crippen LogP contribution in [0.3, 0.4) is 0 Å². The number of ether oxygens (including phenoxy) is 1. The molecule has 2 aromatic rings. The van der Waals surface area contributed by atoms with Gasteiger partial charge in [-0.25, -0.2) is 4.39 Å². The molecule has 1 aliphatic heterocycles. The van der Waals surface area contributed by atoms with Crippen molar-refractivity contribution in [3.05, 3.63) is 71.5 Å². The molecule has 2 aromatic carbocycles. The number of hydrogen-bond acceptors (Lipinski definition) is 2. The molecule has 23 heavy (non-hydrogen) atoms. The topological polar surface area (TPSA) is 21.3 Å². The van der Waals surface area contributed by atoms with Gasteiger partial charge >= 0.3 is 0 Å². The summed E-state index contributed by atoms with van der Waals surface area (Å²) in [5.41, 5.74) is 2.65. The summed E-state index contributed by atoms with van der Waals surface area (Å²) < 4.78 is 18.8. The van der Waals surface area contributed by atoms with Crippen LogP contribution < -0.4 is 5.32 Å². The maximum atomic E-state index is 13.2. The lowest BCUT2D eigenvalue weighted by atomic mass is 9.72. The standard InChI is InChI=1S/C20H24FNO/c21-19-8-6-18(7-9-19)20(11-14-23-15-12-20)10-13-22-16-17-4-2-1-3-5-17/h1-9,22H,10-16H2. The second-order valence-corrected chi connectivity index (χ2v) is 6.31. The van der Waals surface area contributed by atoms with E-state index >= 15 is 0 Å². The van der Waals surface area contributed by atoms with Gasteiger partial charge in [0.2, 0.25) is 0 Å². The minimum atomic E-state index is -0.168. The molecule has 2 nitrogen and oxygen atoms in total. The van der Waals surface area contributed by atoms with Gasteiger partial charge in [0.25, 0.3) is 0 Å². The van der Waals surface area contributed by atoms with Crippen LogP contribution in [0.1, 0.15) is 30.4 Å². The fraction of sp³-hybridized carbons (Fsp3) is 0.400. The van der Waals surface area contributed by atoms with Crippen LogP contribution in [0.15, 0.2) is 54.6 Å². The molecule has 0 bridgehead atoms. The quantitative estimate of drug-likeness (QED) is 0.812. The van der Waals surface area contributed by atoms with Crippen molar-refractivity contribution in [2.75, 3.05) is 19.8 Å². The van der Waals surface area contributed by atoms with E-state index in [2.05, 4.69) is 29.6 Å². The highest BCUT2D eigenvalue weighted by atomic mass is 19.1. The molecule has 0 amide bonds. The average Bonchev–Trinajstić information content (AvgIpc) is 2.61. The Morgan fingerprint density at radius 2 is 1.65 bits per heavy atom. The summed E-state index contributed by atoms with van der Waals surface area (Å²) in [6, 6.07) is 17.5. The first kappa shape index (κ1) is 16.2. The van der Waals surface area contributed by atoms with E-state index < -0.39 is 0 Å². The minimum absolute atomic E-state index is 0.107. The molecule has 0 aromatic heterocycles. The third-order valence-electron chi connectivity index (χ3n) is 4.86. The Balaban J connectivity index is 1.61. The molecule has 0 aliphatic carbocycles. The molecule has 122 valence electrons. The first-order chi connectivity index (χ1) is 11.3. The highest BCUT2D eigenvalue weighted by Gasteiger charge is 2.33. The molecule has 1 fully saturated rings. The molecule has 0 unspecified atom stereocenters. The van der Waals surface area contributed by atoms with Gasteiger partial charge in [0.15, 0.2) is 0 Å². The zero-order chi connectivity index (χ0) is 16.0. The fourth-order valence-electron chi connectivity index (χ4n) is 3.40. The first-order valence-electron chi connectivity index (χ1n) is 8.37. The second-order valence-electron chi connectivity index (χ2n) is 6.31. The van der Waals surface area contributed by atoms with Crippen molar-refractivity contribution in [2.24, 2.45) is 0 Å². The lowest BCUT2D eigenvalue weighted by molar-refractivity contribution is 0.0468. The highest BCUT2D eigenvalue weighted by molar-refractivity contribution is 5.26. The van der Waals surface area contributed by atoms with Gasteiger partial charge in [-0.2, -0.15) is 0 Å². The molecule has 0 saturated carbocycles. The second kappa shape index (κ2) is 7.71. The maximum absolute atomic E-state index is 13.2. The average molecular weight is 313 g/mol. The van der Waals surface area contributed by atoms with Gasteiger partial charge in [0.05, 0.1) is 0 Å². The summed E-state index contributed by atoms with van der Waals surface area (Å²) in [5, 5.41) is 3.54. The van der Waals surface area contributed by atoms with Crippen molar-refractivity contribution in [2.45, 2.75) is 31.2 Å². The molecular weight excluding hydrogens is 289 g/mol. The zero-order valence-corrected chi connectivity index (χ0v) is 13.4. The number of benzene rings is 2. The Hall–Kier alpha value is -1.71. The van der Waals surface area contributed by atoms with Gasteiger partial charge in [0.1, 0.15) is 5.82 Å². The maximum Gasteiger partial charge on any atom is 0.123 e. The molecule has 0 spiro atoms. The Labute approximate surface area is 137 Å². The van der Waals surface area contributed by atoms with Crippen LogP contribution in [0, 0.1) is 5.82 Å². The van der Waals surface area contributed by atoms with Crippen molar-refractivity contribution < 1.29 is 9.13 Å². The Morgan fingerprint density at radius 1 is 0.957 bits per heavy atom. The molecule has 1 aliphatic rings. The van der Waals surface area contributed by atoms with Crippen molar-refractivity contribution in [3.63, 3.8) is 0 Å². The van der Waals surface area contributed by atoms with Crippen LogP contribution in [0.5, 0.6) is 0 Å². The van der Waals surface area contributed by atoms with E-state index in [1.807, 2.05) is 18.2 Å². The lowest BCUT2D eigenvalue weighted by Gasteiger charge is -2.38. The summed E-state index contributed by atoms with van der Waals surface area (Å²) in [7, 11) is 0. The van der Waals surface area contributed by atoms with Gasteiger partial charge in [-0.3, -0.25) is 0 Å². The van der Waals surface area contributed by atoms with Crippen LogP contribution in [0.2, 0.25) is 0 Å². The largest absolute Gasteiger partial charge is 0.381 e. The number of hydrogen-bond donors (Lipinski definition) is 1. The van der Waals surface area contributed by atoms with Gasteiger partial charge in [-0.1, -0.05) is 42.5 Å². The molecule has 0 atom stereocenters. The third-order valence-corrected chi connectivity index (χ3v) is 4.86. The predicted molar refractivity (Wildman–Crippen MR) is 90.9 cm³/mol. The van der Waals surface area contributed by atoms with Gasteiger partial charge in [-0.15, -0.1) is 0 Å². The van der Waals surface area contributed by atoms with Crippen molar-refractivity contribution >= 4 is 0 Å². The SMILES string of the molecule is Fc1ccc(C2(CCNCc3ccccc3)CCOCC2)cc1. The number of nitrogens with one attached hydrogen (secondary N) is 1. The van der Waals surface area contributed by atoms with Crippen molar-refractivity contribution in [1.29, 1.82) is 0 Å². The third kappa shape index (κ3) is 4.18. The Kier molecular flexibility index (Phi) is 5.42. The van der Waals surface area contributed by atoms with E-state index in [-0.39, 0.29) is 11.2 Å². The minimum Gasteiger partial charge on any atom is -0.381 e. The van der Waals surface area contributed by atoms with E-state index in [1.165, 1.54) is 11.1 Å². The Bertz CT molecular complexity index is 591. The van der Waals surface area contributed by atoms with Crippen molar-refractivity contribution in [1.82, 2.24) is 5.32 Å². The van der Waals surface area contributed by atoms with Gasteiger partial charge in [0, 0.05) is 25.2 Å². The van der Waals surface area contributed by atoms with E-state index in [1.54, 1.807) is 12.1 Å². The highest BCUT2D eigenvalue weighted by Crippen LogP contribution is 2.37.